The first-order valence-corrected chi connectivity index (χ1v) is 9.25. The molecule has 2 aromatic rings. The van der Waals surface area contributed by atoms with Crippen LogP contribution in [0.5, 0.6) is 5.75 Å². The van der Waals surface area contributed by atoms with Gasteiger partial charge in [-0.1, -0.05) is 11.6 Å². The van der Waals surface area contributed by atoms with Gasteiger partial charge in [-0.05, 0) is 61.0 Å². The summed E-state index contributed by atoms with van der Waals surface area (Å²) in [5.41, 5.74) is 0.647. The Balaban J connectivity index is 1.95. The summed E-state index contributed by atoms with van der Waals surface area (Å²) in [5.74, 6) is -1.72. The highest BCUT2D eigenvalue weighted by Gasteiger charge is 2.36. The number of ether oxygens (including phenoxy) is 2. The lowest BCUT2D eigenvalue weighted by Crippen LogP contribution is -2.54. The van der Waals surface area contributed by atoms with Crippen molar-refractivity contribution in [2.24, 2.45) is 0 Å². The molecule has 1 fully saturated rings. The predicted octanol–water partition coefficient (Wildman–Crippen LogP) is 3.19. The van der Waals surface area contributed by atoms with E-state index in [4.69, 9.17) is 21.1 Å². The second-order valence-corrected chi connectivity index (χ2v) is 6.59. The van der Waals surface area contributed by atoms with Gasteiger partial charge < -0.3 is 9.47 Å². The quantitative estimate of drug-likeness (QED) is 0.446. The molecular formula is C21H17ClN2O6. The van der Waals surface area contributed by atoms with Crippen molar-refractivity contribution in [1.29, 1.82) is 0 Å². The Hall–Kier alpha value is -3.65. The Morgan fingerprint density at radius 2 is 1.83 bits per heavy atom. The molecule has 1 saturated heterocycles. The summed E-state index contributed by atoms with van der Waals surface area (Å²) in [6.07, 6.45) is 1.32. The van der Waals surface area contributed by atoms with Gasteiger partial charge in [-0.2, -0.15) is 0 Å². The predicted molar refractivity (Wildman–Crippen MR) is 109 cm³/mol. The highest BCUT2D eigenvalue weighted by Crippen LogP contribution is 2.25. The first-order valence-electron chi connectivity index (χ1n) is 8.87. The molecule has 1 aliphatic rings. The van der Waals surface area contributed by atoms with E-state index in [1.54, 1.807) is 25.1 Å². The summed E-state index contributed by atoms with van der Waals surface area (Å²) in [6.45, 7) is 1.90. The third-order valence-electron chi connectivity index (χ3n) is 4.18. The molecular weight excluding hydrogens is 412 g/mol. The van der Waals surface area contributed by atoms with Crippen molar-refractivity contribution in [2.75, 3.05) is 18.6 Å². The second-order valence-electron chi connectivity index (χ2n) is 6.15. The maximum atomic E-state index is 12.9. The Morgan fingerprint density at radius 1 is 1.13 bits per heavy atom. The largest absolute Gasteiger partial charge is 0.497 e. The summed E-state index contributed by atoms with van der Waals surface area (Å²) in [6, 6.07) is 9.51. The second kappa shape index (κ2) is 8.79. The van der Waals surface area contributed by atoms with E-state index in [1.165, 1.54) is 37.5 Å². The van der Waals surface area contributed by atoms with E-state index in [0.717, 1.165) is 4.90 Å². The number of hydrogen-bond donors (Lipinski definition) is 1. The Bertz CT molecular complexity index is 1060. The number of carbonyl (C=O) groups excluding carboxylic acids is 4. The van der Waals surface area contributed by atoms with E-state index in [-0.39, 0.29) is 23.4 Å². The van der Waals surface area contributed by atoms with Crippen molar-refractivity contribution in [3.05, 3.63) is 64.2 Å². The van der Waals surface area contributed by atoms with E-state index in [0.29, 0.717) is 16.3 Å². The van der Waals surface area contributed by atoms with Crippen molar-refractivity contribution in [2.45, 2.75) is 6.92 Å². The third-order valence-corrected chi connectivity index (χ3v) is 4.40. The van der Waals surface area contributed by atoms with Gasteiger partial charge in [0.05, 0.1) is 25.0 Å². The molecule has 0 aromatic heterocycles. The van der Waals surface area contributed by atoms with Gasteiger partial charge in [0, 0.05) is 5.02 Å². The number of benzene rings is 2. The third kappa shape index (κ3) is 4.33. The van der Waals surface area contributed by atoms with Crippen LogP contribution in [-0.2, 0) is 14.3 Å². The number of hydrogen-bond acceptors (Lipinski definition) is 6. The summed E-state index contributed by atoms with van der Waals surface area (Å²) in [7, 11) is 1.46. The highest BCUT2D eigenvalue weighted by molar-refractivity contribution is 6.39. The number of carbonyl (C=O) groups is 4. The molecule has 0 aliphatic carbocycles. The van der Waals surface area contributed by atoms with Crippen molar-refractivity contribution < 1.29 is 28.7 Å². The van der Waals surface area contributed by atoms with Crippen molar-refractivity contribution in [3.63, 3.8) is 0 Å². The van der Waals surface area contributed by atoms with E-state index >= 15 is 0 Å². The van der Waals surface area contributed by atoms with Crippen LogP contribution in [0, 0.1) is 0 Å². The molecule has 154 valence electrons. The number of anilines is 1. The van der Waals surface area contributed by atoms with Gasteiger partial charge >= 0.3 is 12.0 Å². The van der Waals surface area contributed by atoms with Gasteiger partial charge in [-0.15, -0.1) is 0 Å². The Morgan fingerprint density at radius 3 is 2.47 bits per heavy atom. The van der Waals surface area contributed by atoms with Crippen LogP contribution in [0.25, 0.3) is 6.08 Å². The summed E-state index contributed by atoms with van der Waals surface area (Å²) in [4.78, 5) is 50.1. The van der Waals surface area contributed by atoms with Crippen molar-refractivity contribution >= 4 is 47.2 Å². The van der Waals surface area contributed by atoms with Gasteiger partial charge in [0.2, 0.25) is 0 Å². The molecule has 1 N–H and O–H groups in total. The molecule has 0 spiro atoms. The zero-order valence-electron chi connectivity index (χ0n) is 16.1. The monoisotopic (exact) mass is 428 g/mol. The van der Waals surface area contributed by atoms with E-state index < -0.39 is 23.8 Å². The molecule has 0 bridgehead atoms. The molecule has 8 nitrogen and oxygen atoms in total. The smallest absolute Gasteiger partial charge is 0.338 e. The van der Waals surface area contributed by atoms with Crippen LogP contribution >= 0.6 is 11.6 Å². The lowest BCUT2D eigenvalue weighted by atomic mass is 10.1. The molecule has 1 aliphatic heterocycles. The van der Waals surface area contributed by atoms with Crippen molar-refractivity contribution in [1.82, 2.24) is 5.32 Å². The van der Waals surface area contributed by atoms with Crippen molar-refractivity contribution in [3.8, 4) is 5.75 Å². The number of urea groups is 1. The number of halogens is 1. The fraction of sp³-hybridized carbons (Fsp3) is 0.143. The van der Waals surface area contributed by atoms with Crippen LogP contribution in [-0.4, -0.2) is 37.5 Å². The van der Waals surface area contributed by atoms with E-state index in [1.807, 2.05) is 0 Å². The molecule has 0 atom stereocenters. The van der Waals surface area contributed by atoms with E-state index in [2.05, 4.69) is 5.32 Å². The summed E-state index contributed by atoms with van der Waals surface area (Å²) < 4.78 is 10.0. The maximum absolute atomic E-state index is 12.9. The lowest BCUT2D eigenvalue weighted by molar-refractivity contribution is -0.122. The number of nitrogens with one attached hydrogen (secondary N) is 1. The minimum atomic E-state index is -0.894. The Labute approximate surface area is 177 Å². The van der Waals surface area contributed by atoms with Gasteiger partial charge in [0.25, 0.3) is 11.8 Å². The fourth-order valence-electron chi connectivity index (χ4n) is 2.81. The van der Waals surface area contributed by atoms with Crippen LogP contribution in [0.4, 0.5) is 10.5 Å². The van der Waals surface area contributed by atoms with Crippen LogP contribution in [0.2, 0.25) is 5.02 Å². The van der Waals surface area contributed by atoms with Gasteiger partial charge in [0.1, 0.15) is 11.3 Å². The zero-order chi connectivity index (χ0) is 21.8. The number of methoxy groups -OCH3 is 1. The van der Waals surface area contributed by atoms with Crippen LogP contribution < -0.4 is 15.0 Å². The fourth-order valence-corrected chi connectivity index (χ4v) is 3.04. The molecule has 0 unspecified atom stereocenters. The average Bonchev–Trinajstić information content (AvgIpc) is 2.71. The molecule has 9 heteroatoms. The van der Waals surface area contributed by atoms with Gasteiger partial charge in [-0.3, -0.25) is 14.9 Å². The Kier molecular flexibility index (Phi) is 6.17. The maximum Gasteiger partial charge on any atom is 0.338 e. The molecule has 4 amide bonds. The minimum absolute atomic E-state index is 0.188. The number of barbiturate groups is 1. The SMILES string of the molecule is CCOC(=O)c1ccc(N2C(=O)NC(=O)/C(=C\c3cc(Cl)cc(OC)c3)C2=O)cc1. The average molecular weight is 429 g/mol. The molecule has 0 radical (unpaired) electrons. The first-order chi connectivity index (χ1) is 14.3. The summed E-state index contributed by atoms with van der Waals surface area (Å²) in [5, 5.41) is 2.49. The molecule has 0 saturated carbocycles. The lowest BCUT2D eigenvalue weighted by Gasteiger charge is -2.26. The number of imide groups is 2. The number of amides is 4. The van der Waals surface area contributed by atoms with Gasteiger partial charge in [-0.25, -0.2) is 14.5 Å². The van der Waals surface area contributed by atoms with Crippen LogP contribution in [0.1, 0.15) is 22.8 Å². The van der Waals surface area contributed by atoms with Crippen LogP contribution in [0.3, 0.4) is 0 Å². The van der Waals surface area contributed by atoms with Crippen LogP contribution in [0.15, 0.2) is 48.0 Å². The standard InChI is InChI=1S/C21H17ClN2O6/c1-3-30-20(27)13-4-6-15(7-5-13)24-19(26)17(18(25)23-21(24)28)10-12-8-14(22)11-16(9-12)29-2/h4-11H,3H2,1-2H3,(H,23,25,28)/b17-10+. The van der Waals surface area contributed by atoms with Gasteiger partial charge in [0.15, 0.2) is 0 Å². The zero-order valence-corrected chi connectivity index (χ0v) is 16.9. The number of rotatable bonds is 5. The summed E-state index contributed by atoms with van der Waals surface area (Å²) >= 11 is 6.03. The first kappa shape index (κ1) is 21.1. The normalized spacial score (nSPS) is 15.2. The molecule has 1 heterocycles. The highest BCUT2D eigenvalue weighted by atomic mass is 35.5. The number of esters is 1. The molecule has 3 rings (SSSR count). The molecule has 30 heavy (non-hydrogen) atoms. The van der Waals surface area contributed by atoms with E-state index in [9.17, 15) is 19.2 Å². The topological polar surface area (TPSA) is 102 Å². The number of nitrogens with zero attached hydrogens (tertiary/aromatic N) is 1. The molecule has 2 aromatic carbocycles. The minimum Gasteiger partial charge on any atom is -0.497 e.